The Hall–Kier alpha value is -5.23. The van der Waals surface area contributed by atoms with Gasteiger partial charge in [-0.15, -0.1) is 0 Å². The molecule has 6 nitrogen and oxygen atoms in total. The average molecular weight is 647 g/mol. The van der Waals surface area contributed by atoms with E-state index in [0.29, 0.717) is 53.9 Å². The molecule has 0 saturated heterocycles. The van der Waals surface area contributed by atoms with E-state index in [2.05, 4.69) is 26.5 Å². The van der Waals surface area contributed by atoms with E-state index in [9.17, 15) is 4.79 Å². The first-order chi connectivity index (χ1) is 23.2. The van der Waals surface area contributed by atoms with Crippen LogP contribution in [0.25, 0.3) is 6.08 Å². The van der Waals surface area contributed by atoms with Crippen LogP contribution in [0.3, 0.4) is 0 Å². The monoisotopic (exact) mass is 646 g/mol. The second-order valence-corrected chi connectivity index (χ2v) is 11.9. The largest absolute Gasteiger partial charge is 0.496 e. The summed E-state index contributed by atoms with van der Waals surface area (Å²) in [7, 11) is 4.70. The van der Waals surface area contributed by atoms with E-state index in [1.165, 1.54) is 18.8 Å². The van der Waals surface area contributed by atoms with E-state index in [4.69, 9.17) is 23.7 Å². The molecule has 48 heavy (non-hydrogen) atoms. The highest BCUT2D eigenvalue weighted by molar-refractivity contribution is 6.11. The molecule has 0 aliphatic carbocycles. The standard InChI is InChI=1S/C42H46O6/c1-29(2)18-19-34(30(3)4)24-36-39(44-5)26-40(45-6)41(42(36)46-7)37(43)23-21-33-20-22-35(47-27-31-14-10-8-11-15-31)25-38(33)48-28-32-16-12-9-13-17-32/h8-18,20-23,25-26,34H,3,19,24,27-28H2,1-2,4-7H3/b23-21+. The van der Waals surface area contributed by atoms with Crippen LogP contribution in [0, 0.1) is 5.92 Å². The third kappa shape index (κ3) is 9.64. The van der Waals surface area contributed by atoms with Crippen LogP contribution < -0.4 is 23.7 Å². The van der Waals surface area contributed by atoms with Gasteiger partial charge >= 0.3 is 0 Å². The van der Waals surface area contributed by atoms with Crippen LogP contribution in [0.1, 0.15) is 59.8 Å². The van der Waals surface area contributed by atoms with E-state index in [0.717, 1.165) is 34.2 Å². The Kier molecular flexibility index (Phi) is 13.1. The molecule has 0 aliphatic rings. The fourth-order valence-corrected chi connectivity index (χ4v) is 5.32. The number of rotatable bonds is 17. The van der Waals surface area contributed by atoms with E-state index >= 15 is 0 Å². The molecule has 0 heterocycles. The second-order valence-electron chi connectivity index (χ2n) is 11.9. The summed E-state index contributed by atoms with van der Waals surface area (Å²) < 4.78 is 29.8. The van der Waals surface area contributed by atoms with E-state index in [1.807, 2.05) is 85.8 Å². The maximum atomic E-state index is 14.0. The van der Waals surface area contributed by atoms with Crippen molar-refractivity contribution in [1.82, 2.24) is 0 Å². The number of allylic oxidation sites excluding steroid dienone is 4. The molecule has 0 bridgehead atoms. The molecule has 4 aromatic carbocycles. The number of ketones is 1. The van der Waals surface area contributed by atoms with Crippen molar-refractivity contribution < 1.29 is 28.5 Å². The Bertz CT molecular complexity index is 1730. The minimum absolute atomic E-state index is 0.126. The number of hydrogen-bond acceptors (Lipinski definition) is 6. The summed E-state index contributed by atoms with van der Waals surface area (Å²) in [5, 5.41) is 0. The molecule has 4 aromatic rings. The number of ether oxygens (including phenoxy) is 5. The maximum absolute atomic E-state index is 14.0. The topological polar surface area (TPSA) is 63.2 Å². The molecule has 0 aromatic heterocycles. The minimum atomic E-state index is -0.276. The highest BCUT2D eigenvalue weighted by Gasteiger charge is 2.26. The van der Waals surface area contributed by atoms with Gasteiger partial charge in [-0.25, -0.2) is 0 Å². The zero-order valence-electron chi connectivity index (χ0n) is 28.9. The van der Waals surface area contributed by atoms with Crippen molar-refractivity contribution in [2.45, 2.75) is 46.8 Å². The van der Waals surface area contributed by atoms with Crippen LogP contribution in [-0.4, -0.2) is 27.1 Å². The van der Waals surface area contributed by atoms with Gasteiger partial charge in [0.05, 0.1) is 21.3 Å². The third-order valence-electron chi connectivity index (χ3n) is 8.04. The molecule has 250 valence electrons. The predicted molar refractivity (Wildman–Crippen MR) is 194 cm³/mol. The van der Waals surface area contributed by atoms with Gasteiger partial charge in [0, 0.05) is 23.3 Å². The summed E-state index contributed by atoms with van der Waals surface area (Å²) in [4.78, 5) is 14.0. The lowest BCUT2D eigenvalue weighted by atomic mass is 9.87. The van der Waals surface area contributed by atoms with Gasteiger partial charge in [-0.1, -0.05) is 84.5 Å². The second kappa shape index (κ2) is 17.6. The molecular formula is C42H46O6. The summed E-state index contributed by atoms with van der Waals surface area (Å²) in [5.74, 6) is 2.48. The lowest BCUT2D eigenvalue weighted by molar-refractivity contribution is 0.104. The average Bonchev–Trinajstić information content (AvgIpc) is 3.10. The molecule has 1 atom stereocenters. The van der Waals surface area contributed by atoms with Crippen LogP contribution in [0.15, 0.2) is 115 Å². The first kappa shape index (κ1) is 35.6. The van der Waals surface area contributed by atoms with Gasteiger partial charge in [-0.3, -0.25) is 4.79 Å². The Labute approximate surface area is 285 Å². The van der Waals surface area contributed by atoms with Crippen molar-refractivity contribution in [3.05, 3.63) is 143 Å². The molecule has 0 radical (unpaired) electrons. The molecule has 6 heteroatoms. The van der Waals surface area contributed by atoms with Gasteiger partial charge in [0.2, 0.25) is 0 Å². The third-order valence-corrected chi connectivity index (χ3v) is 8.04. The van der Waals surface area contributed by atoms with Crippen LogP contribution in [-0.2, 0) is 19.6 Å². The summed E-state index contributed by atoms with van der Waals surface area (Å²) in [6.45, 7) is 11.2. The smallest absolute Gasteiger partial charge is 0.193 e. The lowest BCUT2D eigenvalue weighted by Crippen LogP contribution is -2.11. The Balaban J connectivity index is 1.68. The van der Waals surface area contributed by atoms with Crippen LogP contribution >= 0.6 is 0 Å². The molecular weight excluding hydrogens is 600 g/mol. The van der Waals surface area contributed by atoms with Crippen molar-refractivity contribution >= 4 is 11.9 Å². The number of hydrogen-bond donors (Lipinski definition) is 0. The van der Waals surface area contributed by atoms with Crippen LogP contribution in [0.4, 0.5) is 0 Å². The van der Waals surface area contributed by atoms with Crippen molar-refractivity contribution in [2.24, 2.45) is 5.92 Å². The quantitative estimate of drug-likeness (QED) is 0.0647. The highest BCUT2D eigenvalue weighted by Crippen LogP contribution is 2.42. The van der Waals surface area contributed by atoms with Crippen LogP contribution in [0.2, 0.25) is 0 Å². The Morgan fingerprint density at radius 3 is 1.94 bits per heavy atom. The molecule has 0 saturated carbocycles. The van der Waals surface area contributed by atoms with Gasteiger partial charge < -0.3 is 23.7 Å². The van der Waals surface area contributed by atoms with Gasteiger partial charge in [-0.05, 0) is 74.9 Å². The molecule has 0 spiro atoms. The fourth-order valence-electron chi connectivity index (χ4n) is 5.32. The predicted octanol–water partition coefficient (Wildman–Crippen LogP) is 9.86. The summed E-state index contributed by atoms with van der Waals surface area (Å²) >= 11 is 0. The summed E-state index contributed by atoms with van der Waals surface area (Å²) in [6, 6.07) is 27.3. The van der Waals surface area contributed by atoms with E-state index < -0.39 is 0 Å². The van der Waals surface area contributed by atoms with Crippen molar-refractivity contribution in [2.75, 3.05) is 21.3 Å². The number of carbonyl (C=O) groups excluding carboxylic acids is 1. The summed E-state index contributed by atoms with van der Waals surface area (Å²) in [6.07, 6.45) is 6.87. The molecule has 0 amide bonds. The number of benzene rings is 4. The molecule has 0 N–H and O–H groups in total. The molecule has 0 aliphatic heterocycles. The van der Waals surface area contributed by atoms with Gasteiger partial charge in [-0.2, -0.15) is 0 Å². The highest BCUT2D eigenvalue weighted by atomic mass is 16.5. The number of methoxy groups -OCH3 is 3. The van der Waals surface area contributed by atoms with Gasteiger partial charge in [0.15, 0.2) is 5.78 Å². The SMILES string of the molecule is C=C(C)C(CC=C(C)C)Cc1c(OC)cc(OC)c(C(=O)/C=C/c2ccc(OCc3ccccc3)cc2OCc2ccccc2)c1OC. The zero-order chi connectivity index (χ0) is 34.5. The Morgan fingerprint density at radius 1 is 0.750 bits per heavy atom. The van der Waals surface area contributed by atoms with E-state index in [-0.39, 0.29) is 11.7 Å². The van der Waals surface area contributed by atoms with Crippen molar-refractivity contribution in [1.29, 1.82) is 0 Å². The number of carbonyl (C=O) groups is 1. The zero-order valence-corrected chi connectivity index (χ0v) is 28.9. The van der Waals surface area contributed by atoms with Crippen molar-refractivity contribution in [3.63, 3.8) is 0 Å². The molecule has 4 rings (SSSR count). The fraction of sp³-hybridized carbons (Fsp3) is 0.262. The van der Waals surface area contributed by atoms with Gasteiger partial charge in [0.25, 0.3) is 0 Å². The molecule has 1 unspecified atom stereocenters. The first-order valence-corrected chi connectivity index (χ1v) is 16.0. The summed E-state index contributed by atoms with van der Waals surface area (Å²) in [5.41, 5.74) is 6.20. The minimum Gasteiger partial charge on any atom is -0.496 e. The first-order valence-electron chi connectivity index (χ1n) is 16.0. The van der Waals surface area contributed by atoms with Crippen molar-refractivity contribution in [3.8, 4) is 28.7 Å². The van der Waals surface area contributed by atoms with Gasteiger partial charge in [0.1, 0.15) is 47.5 Å². The Morgan fingerprint density at radius 2 is 1.38 bits per heavy atom. The molecule has 0 fully saturated rings. The maximum Gasteiger partial charge on any atom is 0.193 e. The lowest BCUT2D eigenvalue weighted by Gasteiger charge is -2.22. The van der Waals surface area contributed by atoms with Crippen LogP contribution in [0.5, 0.6) is 28.7 Å². The normalized spacial score (nSPS) is 11.5. The van der Waals surface area contributed by atoms with E-state index in [1.54, 1.807) is 26.4 Å².